The topological polar surface area (TPSA) is 160 Å². The number of carbonyl (C=O) groups is 3. The Balaban J connectivity index is 1.86. The molecule has 0 spiro atoms. The van der Waals surface area contributed by atoms with Crippen molar-refractivity contribution in [2.75, 3.05) is 6.61 Å². The lowest BCUT2D eigenvalue weighted by molar-refractivity contribution is -0.328. The van der Waals surface area contributed by atoms with E-state index >= 15 is 0 Å². The summed E-state index contributed by atoms with van der Waals surface area (Å²) < 4.78 is 17.8. The average Bonchev–Trinajstić information content (AvgIpc) is 2.98. The number of hydrogen-bond acceptors (Lipinski definition) is 10. The Labute approximate surface area is 271 Å². The van der Waals surface area contributed by atoms with E-state index in [1.807, 2.05) is 13.8 Å². The molecule has 8 unspecified atom stereocenters. The Morgan fingerprint density at radius 2 is 1.74 bits per heavy atom. The molecular weight excluding hydrogens is 592 g/mol. The summed E-state index contributed by atoms with van der Waals surface area (Å²) in [6.07, 6.45) is -4.13. The first-order valence-corrected chi connectivity index (χ1v) is 16.1. The van der Waals surface area contributed by atoms with Gasteiger partial charge in [0.15, 0.2) is 6.10 Å². The number of Topliss-reactive ketones (excluding diaryl/α,β-unsaturated/α-hetero) is 1. The monoisotopic (exact) mass is 642 g/mol. The summed E-state index contributed by atoms with van der Waals surface area (Å²) in [5.41, 5.74) is -2.64. The molecule has 4 rings (SSSR count). The summed E-state index contributed by atoms with van der Waals surface area (Å²) in [5, 5.41) is 47.0. The zero-order chi connectivity index (χ0) is 34.4. The molecule has 254 valence electrons. The highest BCUT2D eigenvalue weighted by molar-refractivity contribution is 5.89. The molecule has 0 radical (unpaired) electrons. The summed E-state index contributed by atoms with van der Waals surface area (Å²) in [7, 11) is 0. The van der Waals surface area contributed by atoms with Crippen molar-refractivity contribution in [2.24, 2.45) is 23.2 Å². The van der Waals surface area contributed by atoms with E-state index in [1.165, 1.54) is 6.92 Å². The predicted molar refractivity (Wildman–Crippen MR) is 169 cm³/mol. The van der Waals surface area contributed by atoms with Crippen LogP contribution >= 0.6 is 0 Å². The second-order valence-corrected chi connectivity index (χ2v) is 14.4. The van der Waals surface area contributed by atoms with Crippen LogP contribution in [0.25, 0.3) is 0 Å². The van der Waals surface area contributed by atoms with Gasteiger partial charge in [0, 0.05) is 36.5 Å². The third-order valence-electron chi connectivity index (χ3n) is 10.6. The molecule has 1 aromatic rings. The number of aliphatic hydroxyl groups is 4. The van der Waals surface area contributed by atoms with Gasteiger partial charge in [0.05, 0.1) is 24.4 Å². The predicted octanol–water partition coefficient (Wildman–Crippen LogP) is 3.69. The van der Waals surface area contributed by atoms with E-state index < -0.39 is 76.8 Å². The summed E-state index contributed by atoms with van der Waals surface area (Å²) in [6, 6.07) is 8.25. The first-order chi connectivity index (χ1) is 21.3. The van der Waals surface area contributed by atoms with Crippen molar-refractivity contribution in [3.63, 3.8) is 0 Å². The number of ketones is 1. The normalized spacial score (nSPS) is 33.9. The summed E-state index contributed by atoms with van der Waals surface area (Å²) >= 11 is 0. The molecule has 0 amide bonds. The van der Waals surface area contributed by atoms with Crippen molar-refractivity contribution in [1.29, 1.82) is 0 Å². The number of carbonyl (C=O) groups excluding carboxylic acids is 3. The third-order valence-corrected chi connectivity index (χ3v) is 10.6. The molecule has 10 atom stereocenters. The van der Waals surface area contributed by atoms with Crippen molar-refractivity contribution >= 4 is 17.7 Å². The molecule has 1 saturated carbocycles. The van der Waals surface area contributed by atoms with Crippen LogP contribution < -0.4 is 0 Å². The van der Waals surface area contributed by atoms with Gasteiger partial charge in [-0.2, -0.15) is 0 Å². The highest BCUT2D eigenvalue weighted by atomic mass is 16.6. The standard InChI is InChI=1S/C36H50O10/c1-19(2)14-20(3)30(39)33(41)45-27-17-36(43,34(7,8)25(22(27)5)15-21(4)37)31(46-32(40)24-12-10-9-11-13-24)29-23(6)26(38)16-28-35(29,42)18-44-28/h9-14,20,23,26-31,38-39,42-43H,15-18H2,1-8H3/t20?,23-,26?,27?,28?,29?,30?,31?,35-,36?/m0/s1. The summed E-state index contributed by atoms with van der Waals surface area (Å²) in [4.78, 5) is 39.7. The summed E-state index contributed by atoms with van der Waals surface area (Å²) in [6.45, 7) is 13.7. The number of hydrogen-bond donors (Lipinski definition) is 4. The zero-order valence-corrected chi connectivity index (χ0v) is 28.1. The van der Waals surface area contributed by atoms with Gasteiger partial charge in [0.2, 0.25) is 0 Å². The van der Waals surface area contributed by atoms with Gasteiger partial charge in [-0.3, -0.25) is 4.79 Å². The van der Waals surface area contributed by atoms with Crippen LogP contribution in [0.4, 0.5) is 0 Å². The minimum absolute atomic E-state index is 0.0792. The molecular formula is C36H50O10. The maximum Gasteiger partial charge on any atom is 0.338 e. The number of benzene rings is 1. The average molecular weight is 643 g/mol. The fraction of sp³-hybridized carbons (Fsp3) is 0.639. The third kappa shape index (κ3) is 6.47. The van der Waals surface area contributed by atoms with Crippen LogP contribution in [0.5, 0.6) is 0 Å². The van der Waals surface area contributed by atoms with E-state index in [-0.39, 0.29) is 37.2 Å². The quantitative estimate of drug-likeness (QED) is 0.219. The second-order valence-electron chi connectivity index (χ2n) is 14.4. The smallest absolute Gasteiger partial charge is 0.338 e. The molecule has 10 nitrogen and oxygen atoms in total. The fourth-order valence-corrected chi connectivity index (χ4v) is 7.74. The van der Waals surface area contributed by atoms with Gasteiger partial charge in [-0.05, 0) is 51.3 Å². The van der Waals surface area contributed by atoms with Gasteiger partial charge in [0.25, 0.3) is 0 Å². The number of ether oxygens (including phenoxy) is 3. The largest absolute Gasteiger partial charge is 0.456 e. The lowest BCUT2D eigenvalue weighted by atomic mass is 9.52. The molecule has 4 N–H and O–H groups in total. The van der Waals surface area contributed by atoms with Crippen molar-refractivity contribution in [3.8, 4) is 0 Å². The van der Waals surface area contributed by atoms with Crippen molar-refractivity contribution in [2.45, 2.75) is 116 Å². The molecule has 1 heterocycles. The molecule has 1 aromatic carbocycles. The fourth-order valence-electron chi connectivity index (χ4n) is 7.74. The Bertz CT molecular complexity index is 1380. The zero-order valence-electron chi connectivity index (χ0n) is 28.1. The van der Waals surface area contributed by atoms with Crippen LogP contribution in [0.2, 0.25) is 0 Å². The number of fused-ring (bicyclic) bond motifs is 1. The van der Waals surface area contributed by atoms with Gasteiger partial charge < -0.3 is 34.6 Å². The lowest BCUT2D eigenvalue weighted by Gasteiger charge is -2.62. The number of allylic oxidation sites excluding steroid dienone is 1. The van der Waals surface area contributed by atoms with Gasteiger partial charge in [-0.25, -0.2) is 9.59 Å². The Morgan fingerprint density at radius 1 is 1.11 bits per heavy atom. The van der Waals surface area contributed by atoms with Crippen LogP contribution in [0.3, 0.4) is 0 Å². The van der Waals surface area contributed by atoms with E-state index in [1.54, 1.807) is 71.0 Å². The van der Waals surface area contributed by atoms with Crippen LogP contribution in [0.15, 0.2) is 53.1 Å². The first-order valence-electron chi connectivity index (χ1n) is 16.1. The number of rotatable bonds is 10. The van der Waals surface area contributed by atoms with Crippen LogP contribution in [0.1, 0.15) is 85.0 Å². The summed E-state index contributed by atoms with van der Waals surface area (Å²) in [5.74, 6) is -4.03. The second kappa shape index (κ2) is 13.3. The molecule has 2 fully saturated rings. The van der Waals surface area contributed by atoms with Crippen LogP contribution in [0, 0.1) is 23.2 Å². The van der Waals surface area contributed by atoms with E-state index in [9.17, 15) is 34.8 Å². The highest BCUT2D eigenvalue weighted by Crippen LogP contribution is 2.57. The van der Waals surface area contributed by atoms with Crippen molar-refractivity contribution in [3.05, 3.63) is 58.7 Å². The molecule has 46 heavy (non-hydrogen) atoms. The maximum absolute atomic E-state index is 13.7. The molecule has 0 aromatic heterocycles. The Morgan fingerprint density at radius 3 is 2.28 bits per heavy atom. The minimum Gasteiger partial charge on any atom is -0.456 e. The van der Waals surface area contributed by atoms with E-state index in [0.717, 1.165) is 5.57 Å². The van der Waals surface area contributed by atoms with E-state index in [4.69, 9.17) is 14.2 Å². The number of aliphatic hydroxyl groups excluding tert-OH is 2. The van der Waals surface area contributed by atoms with Gasteiger partial charge in [0.1, 0.15) is 29.2 Å². The minimum atomic E-state index is -2.03. The Kier molecular flexibility index (Phi) is 10.4. The maximum atomic E-state index is 13.7. The molecule has 0 bridgehead atoms. The van der Waals surface area contributed by atoms with Crippen molar-refractivity contribution in [1.82, 2.24) is 0 Å². The molecule has 2 aliphatic carbocycles. The Hall–Kier alpha value is -2.89. The van der Waals surface area contributed by atoms with E-state index in [2.05, 4.69) is 0 Å². The molecule has 1 saturated heterocycles. The van der Waals surface area contributed by atoms with Crippen LogP contribution in [-0.2, 0) is 23.8 Å². The molecule has 1 aliphatic heterocycles. The SMILES string of the molecule is CC(=O)CC1=C(C)C(OC(=O)C(O)C(C)C=C(C)C)CC(O)(C(OC(=O)c2ccccc2)C2[C@@H](C)C(O)CC3OC[C@]32O)C1(C)C. The molecule has 3 aliphatic rings. The molecule has 10 heteroatoms. The van der Waals surface area contributed by atoms with Crippen molar-refractivity contribution < 1.29 is 49.0 Å². The number of esters is 2. The lowest BCUT2D eigenvalue weighted by Crippen LogP contribution is -2.75. The van der Waals surface area contributed by atoms with Gasteiger partial charge in [-0.1, -0.05) is 63.1 Å². The van der Waals surface area contributed by atoms with Gasteiger partial charge in [-0.15, -0.1) is 0 Å². The van der Waals surface area contributed by atoms with E-state index in [0.29, 0.717) is 11.1 Å². The van der Waals surface area contributed by atoms with Gasteiger partial charge >= 0.3 is 11.9 Å². The van der Waals surface area contributed by atoms with Crippen LogP contribution in [-0.4, -0.2) is 86.5 Å². The highest BCUT2D eigenvalue weighted by Gasteiger charge is 2.68. The first kappa shape index (κ1) is 36.0.